The lowest BCUT2D eigenvalue weighted by Gasteiger charge is -2.03. The van der Waals surface area contributed by atoms with Crippen molar-refractivity contribution in [3.8, 4) is 0 Å². The van der Waals surface area contributed by atoms with E-state index in [1.165, 1.54) is 11.8 Å². The van der Waals surface area contributed by atoms with Crippen LogP contribution in [0.5, 0.6) is 0 Å². The van der Waals surface area contributed by atoms with Crippen LogP contribution in [0, 0.1) is 13.8 Å². The lowest BCUT2D eigenvalue weighted by Crippen LogP contribution is -2.04. The van der Waals surface area contributed by atoms with Crippen LogP contribution in [0.3, 0.4) is 0 Å². The van der Waals surface area contributed by atoms with Crippen LogP contribution in [0.4, 0.5) is 0 Å². The van der Waals surface area contributed by atoms with Crippen molar-refractivity contribution in [2.24, 2.45) is 7.05 Å². The molecule has 0 saturated carbocycles. The molecule has 1 heterocycles. The van der Waals surface area contributed by atoms with Gasteiger partial charge in [0.25, 0.3) is 0 Å². The quantitative estimate of drug-likeness (QED) is 0.489. The molecule has 0 atom stereocenters. The maximum atomic E-state index is 11.8. The van der Waals surface area contributed by atoms with Gasteiger partial charge in [0.15, 0.2) is 5.16 Å². The number of imidazole rings is 1. The molecule has 0 fully saturated rings. The summed E-state index contributed by atoms with van der Waals surface area (Å²) in [6, 6.07) is 0. The third-order valence-electron chi connectivity index (χ3n) is 3.63. The Morgan fingerprint density at radius 2 is 1.71 bits per heavy atom. The molecule has 4 nitrogen and oxygen atoms in total. The molecule has 1 aromatic heterocycles. The van der Waals surface area contributed by atoms with Crippen molar-refractivity contribution in [2.45, 2.75) is 64.5 Å². The average molecular weight is 310 g/mol. The van der Waals surface area contributed by atoms with Gasteiger partial charge in [0.1, 0.15) is 11.6 Å². The van der Waals surface area contributed by atoms with E-state index in [0.29, 0.717) is 30.8 Å². The molecular weight excluding hydrogens is 284 g/mol. The highest BCUT2D eigenvalue weighted by Gasteiger charge is 2.10. The first kappa shape index (κ1) is 18.0. The fraction of sp³-hybridized carbons (Fsp3) is 0.688. The highest BCUT2D eigenvalue weighted by atomic mass is 32.2. The smallest absolute Gasteiger partial charge is 0.168 e. The Balaban J connectivity index is 2.22. The molecule has 0 spiro atoms. The van der Waals surface area contributed by atoms with Gasteiger partial charge in [-0.2, -0.15) is 0 Å². The summed E-state index contributed by atoms with van der Waals surface area (Å²) in [5, 5.41) is 0.900. The van der Waals surface area contributed by atoms with Crippen molar-refractivity contribution in [3.05, 3.63) is 11.4 Å². The summed E-state index contributed by atoms with van der Waals surface area (Å²) in [4.78, 5) is 27.7. The Hall–Kier alpha value is -1.10. The normalized spacial score (nSPS) is 10.9. The fourth-order valence-electron chi connectivity index (χ4n) is 2.08. The summed E-state index contributed by atoms with van der Waals surface area (Å²) < 4.78 is 2.02. The lowest BCUT2D eigenvalue weighted by atomic mass is 10.1. The largest absolute Gasteiger partial charge is 0.326 e. The van der Waals surface area contributed by atoms with E-state index < -0.39 is 0 Å². The van der Waals surface area contributed by atoms with Gasteiger partial charge in [-0.15, -0.1) is 0 Å². The maximum absolute atomic E-state index is 11.8. The molecule has 0 aliphatic carbocycles. The number of aromatic nitrogens is 2. The summed E-state index contributed by atoms with van der Waals surface area (Å²) in [6.07, 6.45) is 4.41. The minimum Gasteiger partial charge on any atom is -0.326 e. The molecule has 21 heavy (non-hydrogen) atoms. The van der Waals surface area contributed by atoms with Crippen molar-refractivity contribution in [2.75, 3.05) is 5.75 Å². The monoisotopic (exact) mass is 310 g/mol. The number of hydrogen-bond donors (Lipinski definition) is 0. The van der Waals surface area contributed by atoms with E-state index in [0.717, 1.165) is 35.8 Å². The predicted octanol–water partition coefficient (Wildman–Crippen LogP) is 3.63. The zero-order valence-electron chi connectivity index (χ0n) is 13.6. The lowest BCUT2D eigenvalue weighted by molar-refractivity contribution is -0.120. The van der Waals surface area contributed by atoms with Crippen LogP contribution < -0.4 is 0 Å². The number of ketones is 2. The third kappa shape index (κ3) is 6.04. The van der Waals surface area contributed by atoms with Crippen LogP contribution in [-0.2, 0) is 16.6 Å². The molecule has 0 bridgehead atoms. The first-order valence-corrected chi connectivity index (χ1v) is 8.60. The molecule has 0 aliphatic heterocycles. The second kappa shape index (κ2) is 9.03. The Morgan fingerprint density at radius 1 is 1.10 bits per heavy atom. The fourth-order valence-corrected chi connectivity index (χ4v) is 3.05. The van der Waals surface area contributed by atoms with Crippen LogP contribution in [0.2, 0.25) is 0 Å². The van der Waals surface area contributed by atoms with Gasteiger partial charge >= 0.3 is 0 Å². The van der Waals surface area contributed by atoms with Crippen LogP contribution in [0.1, 0.15) is 56.8 Å². The molecule has 0 amide bonds. The summed E-state index contributed by atoms with van der Waals surface area (Å²) in [7, 11) is 1.97. The van der Waals surface area contributed by atoms with E-state index in [9.17, 15) is 9.59 Å². The van der Waals surface area contributed by atoms with Crippen LogP contribution >= 0.6 is 11.8 Å². The standard InChI is InChI=1S/C16H26N2O2S/c1-5-8-14(19)9-6-7-10-15(20)11-21-16-17-12(2)13(3)18(16)4/h5-11H2,1-4H3. The van der Waals surface area contributed by atoms with Gasteiger partial charge in [0.05, 0.1) is 11.4 Å². The van der Waals surface area contributed by atoms with Gasteiger partial charge in [-0.25, -0.2) is 4.98 Å². The van der Waals surface area contributed by atoms with Crippen LogP contribution in [-0.4, -0.2) is 26.9 Å². The van der Waals surface area contributed by atoms with E-state index in [-0.39, 0.29) is 5.78 Å². The second-order valence-corrected chi connectivity index (χ2v) is 6.39. The number of thioether (sulfide) groups is 1. The number of unbranched alkanes of at least 4 members (excludes halogenated alkanes) is 1. The van der Waals surface area contributed by atoms with E-state index in [1.807, 2.05) is 32.4 Å². The summed E-state index contributed by atoms with van der Waals surface area (Å²) in [5.41, 5.74) is 2.15. The predicted molar refractivity (Wildman–Crippen MR) is 86.8 cm³/mol. The Morgan fingerprint density at radius 3 is 2.24 bits per heavy atom. The number of Topliss-reactive ketones (excluding diaryl/α,β-unsaturated/α-hetero) is 2. The molecule has 5 heteroatoms. The molecule has 0 aliphatic rings. The van der Waals surface area contributed by atoms with Crippen molar-refractivity contribution >= 4 is 23.3 Å². The molecule has 0 saturated heterocycles. The molecule has 0 radical (unpaired) electrons. The number of carbonyl (C=O) groups excluding carboxylic acids is 2. The van der Waals surface area contributed by atoms with Gasteiger partial charge in [0, 0.05) is 32.0 Å². The number of aryl methyl sites for hydroxylation is 1. The molecular formula is C16H26N2O2S. The molecule has 0 unspecified atom stereocenters. The van der Waals surface area contributed by atoms with Crippen molar-refractivity contribution < 1.29 is 9.59 Å². The minimum absolute atomic E-state index is 0.237. The number of rotatable bonds is 10. The van der Waals surface area contributed by atoms with Crippen molar-refractivity contribution in [1.29, 1.82) is 0 Å². The maximum Gasteiger partial charge on any atom is 0.168 e. The number of carbonyl (C=O) groups is 2. The Bertz CT molecular complexity index is 495. The van der Waals surface area contributed by atoms with E-state index >= 15 is 0 Å². The first-order valence-electron chi connectivity index (χ1n) is 7.61. The van der Waals surface area contributed by atoms with E-state index in [1.54, 1.807) is 0 Å². The van der Waals surface area contributed by atoms with E-state index in [4.69, 9.17) is 0 Å². The van der Waals surface area contributed by atoms with Gasteiger partial charge in [-0.05, 0) is 33.1 Å². The highest BCUT2D eigenvalue weighted by Crippen LogP contribution is 2.20. The number of nitrogens with zero attached hydrogens (tertiary/aromatic N) is 2. The zero-order chi connectivity index (χ0) is 15.8. The topological polar surface area (TPSA) is 52.0 Å². The van der Waals surface area contributed by atoms with Gasteiger partial charge < -0.3 is 4.57 Å². The third-order valence-corrected chi connectivity index (χ3v) is 4.72. The molecule has 1 aromatic rings. The van der Waals surface area contributed by atoms with Gasteiger partial charge in [0.2, 0.25) is 0 Å². The molecule has 1 rings (SSSR count). The SMILES string of the molecule is CCCC(=O)CCCCC(=O)CSc1nc(C)c(C)n1C. The molecule has 118 valence electrons. The van der Waals surface area contributed by atoms with Gasteiger partial charge in [-0.1, -0.05) is 18.7 Å². The molecule has 0 N–H and O–H groups in total. The first-order chi connectivity index (χ1) is 9.95. The molecule has 0 aromatic carbocycles. The summed E-state index contributed by atoms with van der Waals surface area (Å²) in [6.45, 7) is 6.02. The van der Waals surface area contributed by atoms with Crippen LogP contribution in [0.25, 0.3) is 0 Å². The Labute approximate surface area is 131 Å². The summed E-state index contributed by atoms with van der Waals surface area (Å²) >= 11 is 1.50. The van der Waals surface area contributed by atoms with Crippen LogP contribution in [0.15, 0.2) is 5.16 Å². The Kier molecular flexibility index (Phi) is 7.72. The average Bonchev–Trinajstić information content (AvgIpc) is 2.69. The summed E-state index contributed by atoms with van der Waals surface area (Å²) in [5.74, 6) is 1.02. The highest BCUT2D eigenvalue weighted by molar-refractivity contribution is 7.99. The second-order valence-electron chi connectivity index (χ2n) is 5.45. The number of hydrogen-bond acceptors (Lipinski definition) is 4. The minimum atomic E-state index is 0.237. The van der Waals surface area contributed by atoms with Crippen molar-refractivity contribution in [3.63, 3.8) is 0 Å². The van der Waals surface area contributed by atoms with E-state index in [2.05, 4.69) is 4.98 Å². The van der Waals surface area contributed by atoms with Gasteiger partial charge in [-0.3, -0.25) is 9.59 Å². The zero-order valence-corrected chi connectivity index (χ0v) is 14.4. The van der Waals surface area contributed by atoms with Crippen molar-refractivity contribution in [1.82, 2.24) is 9.55 Å².